The first-order valence-electron chi connectivity index (χ1n) is 6.07. The summed E-state index contributed by atoms with van der Waals surface area (Å²) in [4.78, 5) is 6.06. The van der Waals surface area contributed by atoms with Gasteiger partial charge in [0.15, 0.2) is 0 Å². The third-order valence-electron chi connectivity index (χ3n) is 3.35. The van der Waals surface area contributed by atoms with Crippen LogP contribution in [-0.2, 0) is 13.5 Å². The van der Waals surface area contributed by atoms with Crippen molar-refractivity contribution in [2.45, 2.75) is 32.2 Å². The molecule has 1 unspecified atom stereocenters. The maximum Gasteiger partial charge on any atom is 0.203 e. The number of anilines is 1. The Balaban J connectivity index is 1.86. The fourth-order valence-corrected chi connectivity index (χ4v) is 3.53. The zero-order valence-electron chi connectivity index (χ0n) is 10.2. The molecule has 2 aromatic rings. The highest BCUT2D eigenvalue weighted by Crippen LogP contribution is 2.35. The van der Waals surface area contributed by atoms with Crippen LogP contribution < -0.4 is 5.32 Å². The lowest BCUT2D eigenvalue weighted by Gasteiger charge is -2.24. The first-order chi connectivity index (χ1) is 8.24. The van der Waals surface area contributed by atoms with Crippen molar-refractivity contribution in [3.63, 3.8) is 0 Å². The van der Waals surface area contributed by atoms with Crippen molar-refractivity contribution in [3.05, 3.63) is 33.8 Å². The van der Waals surface area contributed by atoms with Crippen molar-refractivity contribution in [2.24, 2.45) is 7.05 Å². The number of thiophene rings is 1. The van der Waals surface area contributed by atoms with Crippen LogP contribution in [-0.4, -0.2) is 9.55 Å². The van der Waals surface area contributed by atoms with Crippen LogP contribution in [0.1, 0.15) is 35.0 Å². The lowest BCUT2D eigenvalue weighted by Crippen LogP contribution is -2.17. The third kappa shape index (κ3) is 1.97. The molecule has 0 bridgehead atoms. The van der Waals surface area contributed by atoms with Crippen LogP contribution in [0.4, 0.5) is 5.95 Å². The highest BCUT2D eigenvalue weighted by atomic mass is 32.1. The molecule has 0 aromatic carbocycles. The van der Waals surface area contributed by atoms with Crippen molar-refractivity contribution in [1.82, 2.24) is 9.55 Å². The molecule has 0 radical (unpaired) electrons. The van der Waals surface area contributed by atoms with E-state index in [1.54, 1.807) is 4.88 Å². The smallest absolute Gasteiger partial charge is 0.203 e. The van der Waals surface area contributed by atoms with Gasteiger partial charge in [-0.05, 0) is 43.2 Å². The van der Waals surface area contributed by atoms with Gasteiger partial charge < -0.3 is 9.88 Å². The maximum atomic E-state index is 4.52. The van der Waals surface area contributed by atoms with Crippen LogP contribution in [0.5, 0.6) is 0 Å². The Kier molecular flexibility index (Phi) is 2.67. The van der Waals surface area contributed by atoms with E-state index >= 15 is 0 Å². The number of aryl methyl sites for hydroxylation is 3. The monoisotopic (exact) mass is 247 g/mol. The van der Waals surface area contributed by atoms with Gasteiger partial charge in [-0.3, -0.25) is 0 Å². The van der Waals surface area contributed by atoms with Crippen LogP contribution in [0.15, 0.2) is 17.6 Å². The molecule has 2 aromatic heterocycles. The highest BCUT2D eigenvalue weighted by molar-refractivity contribution is 7.10. The number of hydrogen-bond donors (Lipinski definition) is 1. The molecule has 0 spiro atoms. The number of rotatable bonds is 2. The topological polar surface area (TPSA) is 29.9 Å². The van der Waals surface area contributed by atoms with Gasteiger partial charge in [-0.25, -0.2) is 4.98 Å². The summed E-state index contributed by atoms with van der Waals surface area (Å²) < 4.78 is 2.07. The number of nitrogens with zero attached hydrogens (tertiary/aromatic N) is 2. The van der Waals surface area contributed by atoms with Crippen molar-refractivity contribution in [2.75, 3.05) is 5.32 Å². The van der Waals surface area contributed by atoms with Crippen LogP contribution in [0.3, 0.4) is 0 Å². The van der Waals surface area contributed by atoms with Gasteiger partial charge in [0.2, 0.25) is 5.95 Å². The number of imidazole rings is 1. The molecular weight excluding hydrogens is 230 g/mol. The van der Waals surface area contributed by atoms with E-state index in [9.17, 15) is 0 Å². The van der Waals surface area contributed by atoms with E-state index in [1.165, 1.54) is 24.8 Å². The van der Waals surface area contributed by atoms with Crippen molar-refractivity contribution in [3.8, 4) is 0 Å². The molecule has 0 saturated heterocycles. The van der Waals surface area contributed by atoms with Gasteiger partial charge >= 0.3 is 0 Å². The number of nitrogens with one attached hydrogen (secondary N) is 1. The summed E-state index contributed by atoms with van der Waals surface area (Å²) in [6, 6.07) is 2.69. The minimum atomic E-state index is 0.436. The highest BCUT2D eigenvalue weighted by Gasteiger charge is 2.22. The van der Waals surface area contributed by atoms with Gasteiger partial charge in [-0.2, -0.15) is 0 Å². The molecule has 3 nitrogen and oxygen atoms in total. The van der Waals surface area contributed by atoms with Crippen molar-refractivity contribution >= 4 is 17.3 Å². The fourth-order valence-electron chi connectivity index (χ4n) is 2.54. The summed E-state index contributed by atoms with van der Waals surface area (Å²) in [5.74, 6) is 0.978. The second kappa shape index (κ2) is 4.18. The van der Waals surface area contributed by atoms with Gasteiger partial charge in [0.05, 0.1) is 11.7 Å². The van der Waals surface area contributed by atoms with Crippen LogP contribution in [0.25, 0.3) is 0 Å². The quantitative estimate of drug-likeness (QED) is 0.882. The Labute approximate surface area is 106 Å². The Morgan fingerprint density at radius 3 is 3.18 bits per heavy atom. The molecule has 2 heterocycles. The van der Waals surface area contributed by atoms with Crippen molar-refractivity contribution in [1.29, 1.82) is 0 Å². The summed E-state index contributed by atoms with van der Waals surface area (Å²) in [5.41, 5.74) is 2.54. The Morgan fingerprint density at radius 2 is 2.41 bits per heavy atom. The molecule has 1 N–H and O–H groups in total. The summed E-state index contributed by atoms with van der Waals surface area (Å²) in [7, 11) is 2.04. The minimum absolute atomic E-state index is 0.436. The second-order valence-corrected chi connectivity index (χ2v) is 5.71. The van der Waals surface area contributed by atoms with E-state index in [-0.39, 0.29) is 0 Å². The molecule has 4 heteroatoms. The Bertz CT molecular complexity index is 527. The molecule has 90 valence electrons. The first kappa shape index (κ1) is 10.8. The first-order valence-corrected chi connectivity index (χ1v) is 6.95. The summed E-state index contributed by atoms with van der Waals surface area (Å²) in [6.07, 6.45) is 5.77. The molecule has 3 rings (SSSR count). The molecular formula is C13H17N3S. The average Bonchev–Trinajstić information content (AvgIpc) is 2.87. The van der Waals surface area contributed by atoms with Crippen LogP contribution >= 0.6 is 11.3 Å². The Morgan fingerprint density at radius 1 is 1.53 bits per heavy atom. The van der Waals surface area contributed by atoms with Gasteiger partial charge in [-0.15, -0.1) is 11.3 Å². The number of fused-ring (bicyclic) bond motifs is 1. The minimum Gasteiger partial charge on any atom is -0.349 e. The molecule has 0 saturated carbocycles. The molecule has 0 aliphatic heterocycles. The number of hydrogen-bond acceptors (Lipinski definition) is 3. The van der Waals surface area contributed by atoms with Gasteiger partial charge in [-0.1, -0.05) is 0 Å². The van der Waals surface area contributed by atoms with E-state index in [1.807, 2.05) is 25.3 Å². The average molecular weight is 247 g/mol. The summed E-state index contributed by atoms with van der Waals surface area (Å²) in [5, 5.41) is 5.77. The number of aromatic nitrogens is 2. The second-order valence-electron chi connectivity index (χ2n) is 4.71. The van der Waals surface area contributed by atoms with E-state index < -0.39 is 0 Å². The van der Waals surface area contributed by atoms with Gasteiger partial charge in [0.25, 0.3) is 0 Å². The molecule has 1 aliphatic rings. The normalized spacial score (nSPS) is 19.1. The lowest BCUT2D eigenvalue weighted by molar-refractivity contribution is 0.601. The zero-order valence-corrected chi connectivity index (χ0v) is 11.0. The standard InChI is InChI=1S/C13H17N3S/c1-9-8-16(2)13(14-9)15-11-4-3-5-12-10(11)6-7-17-12/h6-8,11H,3-5H2,1-2H3,(H,14,15). The molecule has 0 amide bonds. The lowest BCUT2D eigenvalue weighted by atomic mass is 9.94. The fraction of sp³-hybridized carbons (Fsp3) is 0.462. The molecule has 0 fully saturated rings. The van der Waals surface area contributed by atoms with Crippen LogP contribution in [0, 0.1) is 6.92 Å². The van der Waals surface area contributed by atoms with E-state index in [2.05, 4.69) is 32.5 Å². The SMILES string of the molecule is Cc1cn(C)c(NC2CCCc3sccc32)n1. The zero-order chi connectivity index (χ0) is 11.8. The predicted molar refractivity (Wildman–Crippen MR) is 71.6 cm³/mol. The van der Waals surface area contributed by atoms with E-state index in [0.717, 1.165) is 11.6 Å². The van der Waals surface area contributed by atoms with Crippen molar-refractivity contribution < 1.29 is 0 Å². The summed E-state index contributed by atoms with van der Waals surface area (Å²) >= 11 is 1.88. The molecule has 17 heavy (non-hydrogen) atoms. The van der Waals surface area contributed by atoms with Gasteiger partial charge in [0, 0.05) is 18.1 Å². The van der Waals surface area contributed by atoms with E-state index in [4.69, 9.17) is 0 Å². The largest absolute Gasteiger partial charge is 0.349 e. The van der Waals surface area contributed by atoms with Crippen LogP contribution in [0.2, 0.25) is 0 Å². The predicted octanol–water partition coefficient (Wildman–Crippen LogP) is 3.28. The third-order valence-corrected chi connectivity index (χ3v) is 4.35. The summed E-state index contributed by atoms with van der Waals surface area (Å²) in [6.45, 7) is 2.03. The molecule has 1 aliphatic carbocycles. The maximum absolute atomic E-state index is 4.52. The van der Waals surface area contributed by atoms with Gasteiger partial charge in [0.1, 0.15) is 0 Å². The Hall–Kier alpha value is -1.29. The molecule has 1 atom stereocenters. The van der Waals surface area contributed by atoms with E-state index in [0.29, 0.717) is 6.04 Å².